The lowest BCUT2D eigenvalue weighted by Crippen LogP contribution is -2.10. The second-order valence-electron chi connectivity index (χ2n) is 7.25. The van der Waals surface area contributed by atoms with Gasteiger partial charge in [0.25, 0.3) is 0 Å². The second-order valence-corrected chi connectivity index (χ2v) is 10.9. The number of alkyl halides is 3. The fourth-order valence-corrected chi connectivity index (χ4v) is 3.84. The van der Waals surface area contributed by atoms with E-state index < -0.39 is 18.9 Å². The molecule has 3 rings (SSSR count). The Hall–Kier alpha value is -3.28. The predicted molar refractivity (Wildman–Crippen MR) is 122 cm³/mol. The summed E-state index contributed by atoms with van der Waals surface area (Å²) in [6.07, 6.45) is -3.48. The lowest BCUT2D eigenvalue weighted by Gasteiger charge is -2.16. The van der Waals surface area contributed by atoms with E-state index in [4.69, 9.17) is 21.6 Å². The summed E-state index contributed by atoms with van der Waals surface area (Å²) in [5, 5.41) is 15.0. The zero-order valence-corrected chi connectivity index (χ0v) is 19.3. The maximum absolute atomic E-state index is 13.5. The fraction of sp³-hybridized carbons (Fsp3) is 0.190. The molecule has 0 unspecified atom stereocenters. The first-order chi connectivity index (χ1) is 15.4. The van der Waals surface area contributed by atoms with E-state index in [0.29, 0.717) is 16.7 Å². The van der Waals surface area contributed by atoms with Gasteiger partial charge in [0.05, 0.1) is 41.9 Å². The third kappa shape index (κ3) is 5.75. The van der Waals surface area contributed by atoms with Crippen molar-refractivity contribution in [3.63, 3.8) is 0 Å². The molecule has 3 aromatic rings. The van der Waals surface area contributed by atoms with Gasteiger partial charge in [-0.2, -0.15) is 23.4 Å². The molecule has 1 aromatic heterocycles. The zero-order valence-electron chi connectivity index (χ0n) is 17.7. The van der Waals surface area contributed by atoms with E-state index in [0.717, 1.165) is 12.1 Å². The molecule has 0 aliphatic rings. The minimum absolute atomic E-state index is 0.0155. The highest BCUT2D eigenvalue weighted by atomic mass is 35.5. The number of aromatic nitrogens is 2. The number of hydrogen-bond donors (Lipinski definition) is 2. The van der Waals surface area contributed by atoms with Crippen LogP contribution in [0.15, 0.2) is 42.6 Å². The Morgan fingerprint density at radius 3 is 2.42 bits per heavy atom. The highest BCUT2D eigenvalue weighted by Crippen LogP contribution is 2.39. The van der Waals surface area contributed by atoms with E-state index in [-0.39, 0.29) is 28.0 Å². The van der Waals surface area contributed by atoms with E-state index in [9.17, 15) is 17.7 Å². The molecule has 0 saturated carbocycles. The molecule has 172 valence electrons. The zero-order chi connectivity index (χ0) is 24.4. The van der Waals surface area contributed by atoms with Crippen LogP contribution in [-0.2, 0) is 10.7 Å². The van der Waals surface area contributed by atoms with Crippen molar-refractivity contribution >= 4 is 47.2 Å². The number of anilines is 4. The summed E-state index contributed by atoms with van der Waals surface area (Å²) in [7, 11) is -1.07. The molecular weight excluding hydrogens is 478 g/mol. The highest BCUT2D eigenvalue weighted by Gasteiger charge is 2.34. The van der Waals surface area contributed by atoms with E-state index >= 15 is 0 Å². The van der Waals surface area contributed by atoms with E-state index in [1.54, 1.807) is 37.6 Å². The molecular formula is C21H18ClF3N5O2P. The summed E-state index contributed by atoms with van der Waals surface area (Å²) in [5.41, 5.74) is -1.04. The quantitative estimate of drug-likeness (QED) is 0.419. The van der Waals surface area contributed by atoms with Gasteiger partial charge >= 0.3 is 6.18 Å². The van der Waals surface area contributed by atoms with Gasteiger partial charge in [-0.15, -0.1) is 0 Å². The number of nitrogens with zero attached hydrogens (tertiary/aromatic N) is 3. The topological polar surface area (TPSA) is 99.9 Å². The van der Waals surface area contributed by atoms with Crippen LogP contribution in [0, 0.1) is 11.3 Å². The molecule has 0 saturated heterocycles. The molecule has 2 N–H and O–H groups in total. The lowest BCUT2D eigenvalue weighted by molar-refractivity contribution is -0.136. The van der Waals surface area contributed by atoms with Crippen molar-refractivity contribution in [1.82, 2.24) is 9.97 Å². The van der Waals surface area contributed by atoms with Crippen molar-refractivity contribution in [2.45, 2.75) is 6.18 Å². The van der Waals surface area contributed by atoms with Crippen LogP contribution >= 0.6 is 18.7 Å². The first-order valence-electron chi connectivity index (χ1n) is 9.34. The van der Waals surface area contributed by atoms with Gasteiger partial charge in [0, 0.05) is 5.30 Å². The Bertz CT molecular complexity index is 1290. The van der Waals surface area contributed by atoms with Gasteiger partial charge < -0.3 is 19.9 Å². The monoisotopic (exact) mass is 495 g/mol. The van der Waals surface area contributed by atoms with Gasteiger partial charge in [-0.3, -0.25) is 0 Å². The number of rotatable bonds is 6. The molecule has 0 bridgehead atoms. The summed E-state index contributed by atoms with van der Waals surface area (Å²) < 4.78 is 58.1. The normalized spacial score (nSPS) is 11.6. The van der Waals surface area contributed by atoms with E-state index in [1.807, 2.05) is 0 Å². The van der Waals surface area contributed by atoms with Crippen LogP contribution in [0.3, 0.4) is 0 Å². The van der Waals surface area contributed by atoms with Gasteiger partial charge in [0.1, 0.15) is 17.9 Å². The van der Waals surface area contributed by atoms with Crippen molar-refractivity contribution in [3.05, 3.63) is 58.7 Å². The summed E-state index contributed by atoms with van der Waals surface area (Å²) >= 11 is 6.10. The van der Waals surface area contributed by atoms with Gasteiger partial charge in [-0.05, 0) is 49.7 Å². The maximum atomic E-state index is 13.5. The van der Waals surface area contributed by atoms with Crippen LogP contribution in [0.25, 0.3) is 0 Å². The summed E-state index contributed by atoms with van der Waals surface area (Å²) in [6.45, 7) is 3.26. The van der Waals surface area contributed by atoms with Crippen molar-refractivity contribution in [1.29, 1.82) is 5.26 Å². The average molecular weight is 496 g/mol. The smallest absolute Gasteiger partial charge is 0.418 e. The largest absolute Gasteiger partial charge is 0.495 e. The molecule has 0 spiro atoms. The summed E-state index contributed by atoms with van der Waals surface area (Å²) in [5.74, 6) is 0.342. The van der Waals surface area contributed by atoms with Crippen molar-refractivity contribution < 1.29 is 22.5 Å². The highest BCUT2D eigenvalue weighted by molar-refractivity contribution is 7.70. The average Bonchev–Trinajstić information content (AvgIpc) is 2.75. The first kappa shape index (κ1) is 24.4. The Morgan fingerprint density at radius 2 is 1.82 bits per heavy atom. The van der Waals surface area contributed by atoms with Crippen LogP contribution < -0.4 is 20.7 Å². The summed E-state index contributed by atoms with van der Waals surface area (Å²) in [4.78, 5) is 8.22. The van der Waals surface area contributed by atoms with Gasteiger partial charge in [0.15, 0.2) is 5.82 Å². The Kier molecular flexibility index (Phi) is 6.86. The molecule has 0 atom stereocenters. The van der Waals surface area contributed by atoms with Crippen LogP contribution in [0.1, 0.15) is 11.1 Å². The maximum Gasteiger partial charge on any atom is 0.418 e. The minimum Gasteiger partial charge on any atom is -0.495 e. The van der Waals surface area contributed by atoms with Crippen molar-refractivity contribution in [2.75, 3.05) is 31.1 Å². The van der Waals surface area contributed by atoms with Crippen LogP contribution in [-0.4, -0.2) is 30.4 Å². The molecule has 2 aromatic carbocycles. The second kappa shape index (κ2) is 9.30. The lowest BCUT2D eigenvalue weighted by atomic mass is 10.1. The molecule has 0 amide bonds. The summed E-state index contributed by atoms with van der Waals surface area (Å²) in [6, 6.07) is 9.74. The number of nitrogens with one attached hydrogen (secondary N) is 2. The predicted octanol–water partition coefficient (Wildman–Crippen LogP) is 5.76. The van der Waals surface area contributed by atoms with E-state index in [1.165, 1.54) is 19.4 Å². The number of nitriles is 1. The molecule has 33 heavy (non-hydrogen) atoms. The van der Waals surface area contributed by atoms with Crippen LogP contribution in [0.5, 0.6) is 5.75 Å². The number of ether oxygens (including phenoxy) is 1. The molecule has 1 heterocycles. The Morgan fingerprint density at radius 1 is 1.12 bits per heavy atom. The van der Waals surface area contributed by atoms with Gasteiger partial charge in [-0.25, -0.2) is 4.98 Å². The first-order valence-corrected chi connectivity index (χ1v) is 12.3. The van der Waals surface area contributed by atoms with Gasteiger partial charge in [0.2, 0.25) is 5.95 Å². The number of methoxy groups -OCH3 is 1. The van der Waals surface area contributed by atoms with Crippen molar-refractivity contribution in [2.24, 2.45) is 0 Å². The molecule has 0 fully saturated rings. The van der Waals surface area contributed by atoms with Crippen LogP contribution in [0.4, 0.5) is 36.3 Å². The van der Waals surface area contributed by atoms with Gasteiger partial charge in [-0.1, -0.05) is 11.6 Å². The molecule has 7 nitrogen and oxygen atoms in total. The number of hydrogen-bond acceptors (Lipinski definition) is 7. The number of halogens is 4. The standard InChI is InChI=1S/C21H18ClF3N5O2P/c1-32-18-9-13(33(2,3)31)5-7-17(18)29-20-27-11-15(22)19(30-20)28-16-6-4-12(10-26)8-14(16)21(23,24)25/h4-9,11H,1-3H3,(H2,27,28,29,30). The molecule has 12 heteroatoms. The van der Waals surface area contributed by atoms with E-state index in [2.05, 4.69) is 20.6 Å². The fourth-order valence-electron chi connectivity index (χ4n) is 2.84. The third-order valence-corrected chi connectivity index (χ3v) is 6.30. The minimum atomic E-state index is -4.71. The van der Waals surface area contributed by atoms with Crippen LogP contribution in [0.2, 0.25) is 5.02 Å². The number of benzene rings is 2. The molecule has 0 aliphatic carbocycles. The SMILES string of the molecule is COc1cc(P(C)(C)=O)ccc1Nc1ncc(Cl)c(Nc2ccc(C#N)cc2C(F)(F)F)n1. The third-order valence-electron chi connectivity index (χ3n) is 4.50. The van der Waals surface area contributed by atoms with Crippen molar-refractivity contribution in [3.8, 4) is 11.8 Å². The Labute approximate surface area is 193 Å². The molecule has 0 radical (unpaired) electrons. The Balaban J connectivity index is 1.95. The molecule has 0 aliphatic heterocycles.